The Balaban J connectivity index is 2.06. The van der Waals surface area contributed by atoms with Crippen LogP contribution in [0.15, 0.2) is 40.4 Å². The van der Waals surface area contributed by atoms with E-state index in [1.54, 1.807) is 6.92 Å². The Bertz CT molecular complexity index is 1230. The highest BCUT2D eigenvalue weighted by molar-refractivity contribution is 7.99. The van der Waals surface area contributed by atoms with Crippen LogP contribution in [0.3, 0.4) is 0 Å². The maximum atomic E-state index is 13.1. The van der Waals surface area contributed by atoms with Gasteiger partial charge in [-0.15, -0.1) is 11.8 Å². The fourth-order valence-corrected chi connectivity index (χ4v) is 3.67. The second-order valence-corrected chi connectivity index (χ2v) is 8.09. The topological polar surface area (TPSA) is 48.5 Å². The number of thioether (sulfide) groups is 1. The average molecular weight is 501 g/mol. The van der Waals surface area contributed by atoms with Crippen molar-refractivity contribution in [2.24, 2.45) is 7.05 Å². The summed E-state index contributed by atoms with van der Waals surface area (Å²) in [5, 5.41) is 0.230. The first kappa shape index (κ1) is 24.9. The quantitative estimate of drug-likeness (QED) is 0.335. The van der Waals surface area contributed by atoms with Crippen molar-refractivity contribution in [3.8, 4) is 17.1 Å². The number of aromatic nitrogens is 3. The lowest BCUT2D eigenvalue weighted by Gasteiger charge is -2.20. The second kappa shape index (κ2) is 8.54. The van der Waals surface area contributed by atoms with Crippen LogP contribution >= 0.6 is 11.8 Å². The van der Waals surface area contributed by atoms with Gasteiger partial charge in [-0.2, -0.15) is 35.1 Å². The molecule has 0 aromatic carbocycles. The van der Waals surface area contributed by atoms with Crippen LogP contribution in [0.2, 0.25) is 0 Å². The Morgan fingerprint density at radius 1 is 1.06 bits per heavy atom. The van der Waals surface area contributed by atoms with Gasteiger partial charge in [0.25, 0.3) is 0 Å². The molecule has 3 aromatic rings. The summed E-state index contributed by atoms with van der Waals surface area (Å²) >= 11 is 1.12. The van der Waals surface area contributed by atoms with Crippen molar-refractivity contribution in [2.45, 2.75) is 30.2 Å². The summed E-state index contributed by atoms with van der Waals surface area (Å²) in [7, 11) is 1.24. The smallest absolute Gasteiger partial charge is 0.456 e. The van der Waals surface area contributed by atoms with Crippen LogP contribution in [-0.4, -0.2) is 38.4 Å². The molecule has 0 atom stereocenters. The number of nitrogens with zero attached hydrogens (tertiary/aromatic N) is 3. The van der Waals surface area contributed by atoms with Gasteiger partial charge in [0.15, 0.2) is 17.9 Å². The van der Waals surface area contributed by atoms with E-state index >= 15 is 0 Å². The minimum Gasteiger partial charge on any atom is -0.472 e. The van der Waals surface area contributed by atoms with Gasteiger partial charge >= 0.3 is 18.3 Å². The number of halogens is 8. The predicted octanol–water partition coefficient (Wildman–Crippen LogP) is 5.41. The third kappa shape index (κ3) is 4.94. The van der Waals surface area contributed by atoms with Crippen LogP contribution in [0.4, 0.5) is 35.1 Å². The molecule has 0 aliphatic heterocycles. The van der Waals surface area contributed by atoms with Crippen LogP contribution in [0, 0.1) is 0 Å². The molecule has 0 unspecified atom stereocenters. The minimum absolute atomic E-state index is 0.0361. The molecular formula is C19H15F8N3O2S. The van der Waals surface area contributed by atoms with E-state index in [0.717, 1.165) is 40.9 Å². The van der Waals surface area contributed by atoms with Crippen LogP contribution in [0.1, 0.15) is 12.5 Å². The number of hydrogen-bond donors (Lipinski definition) is 0. The fourth-order valence-electron chi connectivity index (χ4n) is 2.82. The lowest BCUT2D eigenvalue weighted by molar-refractivity contribution is -0.290. The first-order chi connectivity index (χ1) is 15.2. The molecule has 0 radical (unpaired) electrons. The van der Waals surface area contributed by atoms with Crippen molar-refractivity contribution < 1.29 is 39.9 Å². The van der Waals surface area contributed by atoms with Crippen molar-refractivity contribution in [3.63, 3.8) is 0 Å². The highest BCUT2D eigenvalue weighted by Crippen LogP contribution is 2.37. The second-order valence-electron chi connectivity index (χ2n) is 6.83. The van der Waals surface area contributed by atoms with Gasteiger partial charge in [-0.05, 0) is 17.9 Å². The molecule has 0 fully saturated rings. The maximum absolute atomic E-state index is 13.1. The Labute approximate surface area is 185 Å². The third-order valence-electron chi connectivity index (χ3n) is 4.44. The number of imidazole rings is 1. The van der Waals surface area contributed by atoms with E-state index in [0.29, 0.717) is 11.8 Å². The molecule has 0 amide bonds. The number of alkyl halides is 8. The van der Waals surface area contributed by atoms with E-state index in [9.17, 15) is 39.9 Å². The molecule has 3 aromatic heterocycles. The van der Waals surface area contributed by atoms with Crippen LogP contribution in [0.5, 0.6) is 5.88 Å². The molecule has 0 spiro atoms. The Morgan fingerprint density at radius 2 is 1.73 bits per heavy atom. The highest BCUT2D eigenvalue weighted by atomic mass is 32.2. The minimum atomic E-state index is -5.83. The van der Waals surface area contributed by atoms with Crippen molar-refractivity contribution in [1.82, 2.24) is 14.0 Å². The molecular weight excluding hydrogens is 486 g/mol. The average Bonchev–Trinajstić information content (AvgIpc) is 3.04. The fraction of sp³-hybridized carbons (Fsp3) is 0.368. The standard InChI is InChI=1S/C19H15F8N3O2S/c1-3-33-16-15(28-13-5-4-10(7-30(13)16)18(22,23)24)11-8-29(2)14(6-12(11)31)32-9-17(20,21)19(25,26)27/h4-8H,3,9H2,1-2H3. The van der Waals surface area contributed by atoms with E-state index in [1.165, 1.54) is 11.4 Å². The van der Waals surface area contributed by atoms with Gasteiger partial charge in [-0.25, -0.2) is 4.98 Å². The summed E-state index contributed by atoms with van der Waals surface area (Å²) in [6, 6.07) is 2.68. The van der Waals surface area contributed by atoms with Crippen LogP contribution in [-0.2, 0) is 13.2 Å². The van der Waals surface area contributed by atoms with Crippen molar-refractivity contribution >= 4 is 17.4 Å². The van der Waals surface area contributed by atoms with E-state index in [-0.39, 0.29) is 21.9 Å². The van der Waals surface area contributed by atoms with E-state index < -0.39 is 41.8 Å². The number of aryl methyl sites for hydroxylation is 1. The summed E-state index contributed by atoms with van der Waals surface area (Å²) in [5.41, 5.74) is -1.69. The third-order valence-corrected chi connectivity index (χ3v) is 5.40. The zero-order valence-electron chi connectivity index (χ0n) is 16.9. The van der Waals surface area contributed by atoms with Crippen molar-refractivity contribution in [2.75, 3.05) is 12.4 Å². The lowest BCUT2D eigenvalue weighted by Crippen LogP contribution is -2.42. The van der Waals surface area contributed by atoms with Gasteiger partial charge in [0.2, 0.25) is 0 Å². The molecule has 14 heteroatoms. The highest BCUT2D eigenvalue weighted by Gasteiger charge is 2.58. The first-order valence-electron chi connectivity index (χ1n) is 9.16. The zero-order valence-corrected chi connectivity index (χ0v) is 17.7. The summed E-state index contributed by atoms with van der Waals surface area (Å²) in [6.07, 6.45) is -8.50. The molecule has 0 bridgehead atoms. The van der Waals surface area contributed by atoms with E-state index in [4.69, 9.17) is 0 Å². The zero-order chi connectivity index (χ0) is 24.8. The van der Waals surface area contributed by atoms with E-state index in [2.05, 4.69) is 9.72 Å². The van der Waals surface area contributed by atoms with Gasteiger partial charge in [-0.1, -0.05) is 6.92 Å². The Kier molecular flexibility index (Phi) is 6.43. The Morgan fingerprint density at radius 3 is 2.30 bits per heavy atom. The monoisotopic (exact) mass is 501 g/mol. The Hall–Kier alpha value is -2.77. The molecule has 180 valence electrons. The number of rotatable bonds is 6. The first-order valence-corrected chi connectivity index (χ1v) is 10.1. The van der Waals surface area contributed by atoms with Gasteiger partial charge in [-0.3, -0.25) is 9.20 Å². The number of fused-ring (bicyclic) bond motifs is 1. The maximum Gasteiger partial charge on any atom is 0.456 e. The molecule has 0 saturated carbocycles. The molecule has 33 heavy (non-hydrogen) atoms. The predicted molar refractivity (Wildman–Crippen MR) is 104 cm³/mol. The van der Waals surface area contributed by atoms with Gasteiger partial charge in [0.05, 0.1) is 11.1 Å². The summed E-state index contributed by atoms with van der Waals surface area (Å²) in [5.74, 6) is -5.27. The van der Waals surface area contributed by atoms with E-state index in [1.807, 2.05) is 0 Å². The summed E-state index contributed by atoms with van der Waals surface area (Å²) < 4.78 is 109. The molecule has 0 N–H and O–H groups in total. The van der Waals surface area contributed by atoms with Gasteiger partial charge in [0, 0.05) is 25.5 Å². The van der Waals surface area contributed by atoms with Crippen molar-refractivity contribution in [3.05, 3.63) is 46.4 Å². The number of pyridine rings is 2. The van der Waals surface area contributed by atoms with Gasteiger partial charge in [0.1, 0.15) is 16.4 Å². The number of hydrogen-bond acceptors (Lipinski definition) is 4. The SMILES string of the molecule is CCSc1c(-c2cn(C)c(OCC(F)(F)C(F)(F)F)cc2=O)nc2ccc(C(F)(F)F)cn12. The van der Waals surface area contributed by atoms with Crippen molar-refractivity contribution in [1.29, 1.82) is 0 Å². The van der Waals surface area contributed by atoms with Crippen LogP contribution in [0.25, 0.3) is 16.9 Å². The summed E-state index contributed by atoms with van der Waals surface area (Å²) in [4.78, 5) is 16.9. The number of ether oxygens (including phenoxy) is 1. The summed E-state index contributed by atoms with van der Waals surface area (Å²) in [6.45, 7) is -0.300. The molecule has 0 saturated heterocycles. The molecule has 3 heterocycles. The largest absolute Gasteiger partial charge is 0.472 e. The normalized spacial score (nSPS) is 13.0. The molecule has 0 aliphatic rings. The molecule has 3 rings (SSSR count). The lowest BCUT2D eigenvalue weighted by atomic mass is 10.2. The van der Waals surface area contributed by atoms with Crippen LogP contribution < -0.4 is 10.2 Å². The van der Waals surface area contributed by atoms with Gasteiger partial charge < -0.3 is 9.30 Å². The molecule has 5 nitrogen and oxygen atoms in total. The molecule has 0 aliphatic carbocycles.